The fourth-order valence-corrected chi connectivity index (χ4v) is 2.40. The molecule has 0 aliphatic carbocycles. The number of nitrogens with zero attached hydrogens (tertiary/aromatic N) is 1. The molecule has 2 N–H and O–H groups in total. The molecular weight excluding hydrogens is 312 g/mol. The van der Waals surface area contributed by atoms with E-state index in [9.17, 15) is 14.4 Å². The zero-order valence-corrected chi connectivity index (χ0v) is 12.8. The molecule has 0 unspecified atom stereocenters. The van der Waals surface area contributed by atoms with Crippen LogP contribution >= 0.6 is 0 Å². The summed E-state index contributed by atoms with van der Waals surface area (Å²) < 4.78 is 6.19. The number of carboxylic acid groups (broad SMARTS) is 1. The van der Waals surface area contributed by atoms with Crippen molar-refractivity contribution in [2.75, 3.05) is 5.32 Å². The largest absolute Gasteiger partial charge is 0.478 e. The molecule has 2 aromatic carbocycles. The Hall–Kier alpha value is -3.35. The van der Waals surface area contributed by atoms with Crippen LogP contribution in [0.5, 0.6) is 0 Å². The van der Waals surface area contributed by atoms with Crippen molar-refractivity contribution in [3.8, 4) is 0 Å². The van der Waals surface area contributed by atoms with E-state index in [0.29, 0.717) is 11.2 Å². The van der Waals surface area contributed by atoms with Crippen molar-refractivity contribution in [1.29, 1.82) is 0 Å². The minimum absolute atomic E-state index is 0.00719. The van der Waals surface area contributed by atoms with Crippen molar-refractivity contribution >= 4 is 28.7 Å². The van der Waals surface area contributed by atoms with Gasteiger partial charge in [-0.25, -0.2) is 9.59 Å². The number of hydrogen-bond acceptors (Lipinski definition) is 4. The van der Waals surface area contributed by atoms with Gasteiger partial charge in [-0.1, -0.05) is 18.2 Å². The Morgan fingerprint density at radius 2 is 1.96 bits per heavy atom. The second-order valence-corrected chi connectivity index (χ2v) is 5.30. The lowest BCUT2D eigenvalue weighted by atomic mass is 10.2. The van der Waals surface area contributed by atoms with E-state index in [4.69, 9.17) is 9.52 Å². The first-order valence-corrected chi connectivity index (χ1v) is 7.18. The summed E-state index contributed by atoms with van der Waals surface area (Å²) in [6.07, 6.45) is 0. The van der Waals surface area contributed by atoms with Gasteiger partial charge < -0.3 is 14.8 Å². The van der Waals surface area contributed by atoms with Gasteiger partial charge in [0.2, 0.25) is 5.91 Å². The van der Waals surface area contributed by atoms with Crippen molar-refractivity contribution in [2.24, 2.45) is 0 Å². The minimum Gasteiger partial charge on any atom is -0.478 e. The van der Waals surface area contributed by atoms with E-state index in [2.05, 4.69) is 5.32 Å². The molecule has 24 heavy (non-hydrogen) atoms. The number of carbonyl (C=O) groups is 2. The number of fused-ring (bicyclic) bond motifs is 1. The van der Waals surface area contributed by atoms with Gasteiger partial charge in [0.1, 0.15) is 6.54 Å². The molecule has 3 aromatic rings. The van der Waals surface area contributed by atoms with Crippen LogP contribution in [0.4, 0.5) is 5.69 Å². The monoisotopic (exact) mass is 326 g/mol. The molecule has 0 fully saturated rings. The molecule has 0 spiro atoms. The molecule has 0 aliphatic rings. The number of oxazole rings is 1. The molecule has 3 rings (SSSR count). The molecule has 0 aliphatic heterocycles. The van der Waals surface area contributed by atoms with E-state index in [1.54, 1.807) is 12.1 Å². The molecule has 7 heteroatoms. The maximum atomic E-state index is 12.2. The van der Waals surface area contributed by atoms with Crippen LogP contribution in [0.25, 0.3) is 11.1 Å². The highest BCUT2D eigenvalue weighted by Crippen LogP contribution is 2.16. The number of carbonyl (C=O) groups excluding carboxylic acids is 1. The Balaban J connectivity index is 1.88. The van der Waals surface area contributed by atoms with E-state index in [0.717, 1.165) is 10.1 Å². The number of para-hydroxylation sites is 1. The lowest BCUT2D eigenvalue weighted by molar-refractivity contribution is -0.116. The molecule has 1 aromatic heterocycles. The van der Waals surface area contributed by atoms with Crippen molar-refractivity contribution in [3.63, 3.8) is 0 Å². The van der Waals surface area contributed by atoms with Crippen LogP contribution in [0, 0.1) is 6.92 Å². The van der Waals surface area contributed by atoms with Crippen LogP contribution in [0.1, 0.15) is 15.9 Å². The lowest BCUT2D eigenvalue weighted by Gasteiger charge is -2.08. The molecule has 1 amide bonds. The summed E-state index contributed by atoms with van der Waals surface area (Å²) in [5.41, 5.74) is 2.07. The second kappa shape index (κ2) is 6.04. The van der Waals surface area contributed by atoms with Gasteiger partial charge in [0.25, 0.3) is 0 Å². The summed E-state index contributed by atoms with van der Waals surface area (Å²) in [5.74, 6) is -2.21. The Kier molecular flexibility index (Phi) is 3.91. The van der Waals surface area contributed by atoms with Crippen LogP contribution in [-0.4, -0.2) is 21.6 Å². The third-order valence-corrected chi connectivity index (χ3v) is 3.64. The fourth-order valence-electron chi connectivity index (χ4n) is 2.40. The van der Waals surface area contributed by atoms with Crippen molar-refractivity contribution in [1.82, 2.24) is 4.57 Å². The minimum atomic E-state index is -1.12. The van der Waals surface area contributed by atoms with Crippen molar-refractivity contribution < 1.29 is 19.1 Å². The van der Waals surface area contributed by atoms with Gasteiger partial charge in [-0.2, -0.15) is 0 Å². The van der Waals surface area contributed by atoms with Crippen LogP contribution in [0.2, 0.25) is 0 Å². The normalized spacial score (nSPS) is 10.7. The fraction of sp³-hybridized carbons (Fsp3) is 0.118. The molecule has 7 nitrogen and oxygen atoms in total. The Morgan fingerprint density at radius 3 is 2.67 bits per heavy atom. The third-order valence-electron chi connectivity index (χ3n) is 3.64. The zero-order chi connectivity index (χ0) is 17.3. The Morgan fingerprint density at radius 1 is 1.21 bits per heavy atom. The van der Waals surface area contributed by atoms with Crippen LogP contribution in [0.3, 0.4) is 0 Å². The standard InChI is InChI=1S/C17H14N2O5/c1-10-4-2-3-5-12(10)18-15(20)9-19-13-7-6-11(16(21)22)8-14(13)24-17(19)23/h2-8H,9H2,1H3,(H,18,20)(H,21,22). The second-order valence-electron chi connectivity index (χ2n) is 5.30. The molecular formula is C17H14N2O5. The average Bonchev–Trinajstić information content (AvgIpc) is 2.84. The number of anilines is 1. The highest BCUT2D eigenvalue weighted by atomic mass is 16.4. The topological polar surface area (TPSA) is 102 Å². The molecule has 122 valence electrons. The van der Waals surface area contributed by atoms with E-state index in [1.807, 2.05) is 19.1 Å². The quantitative estimate of drug-likeness (QED) is 0.765. The number of aromatic carboxylic acids is 1. The number of nitrogens with one attached hydrogen (secondary N) is 1. The maximum Gasteiger partial charge on any atom is 0.420 e. The van der Waals surface area contributed by atoms with Crippen molar-refractivity contribution in [3.05, 3.63) is 64.1 Å². The number of aryl methyl sites for hydroxylation is 1. The smallest absolute Gasteiger partial charge is 0.420 e. The number of rotatable bonds is 4. The molecule has 0 saturated heterocycles. The number of carboxylic acids is 1. The van der Waals surface area contributed by atoms with E-state index in [-0.39, 0.29) is 23.6 Å². The van der Waals surface area contributed by atoms with Crippen LogP contribution in [-0.2, 0) is 11.3 Å². The van der Waals surface area contributed by atoms with Gasteiger partial charge in [-0.05, 0) is 36.8 Å². The maximum absolute atomic E-state index is 12.2. The summed E-state index contributed by atoms with van der Waals surface area (Å²) in [6, 6.07) is 11.4. The number of aromatic nitrogens is 1. The first kappa shape index (κ1) is 15.5. The molecule has 0 radical (unpaired) electrons. The summed E-state index contributed by atoms with van der Waals surface area (Å²) in [7, 11) is 0. The van der Waals surface area contributed by atoms with E-state index in [1.165, 1.54) is 18.2 Å². The van der Waals surface area contributed by atoms with Crippen molar-refractivity contribution in [2.45, 2.75) is 13.5 Å². The molecule has 1 heterocycles. The van der Waals surface area contributed by atoms with Gasteiger partial charge in [0.15, 0.2) is 5.58 Å². The Labute approximate surface area is 136 Å². The number of hydrogen-bond donors (Lipinski definition) is 2. The van der Waals surface area contributed by atoms with Crippen LogP contribution < -0.4 is 11.1 Å². The highest BCUT2D eigenvalue weighted by Gasteiger charge is 2.15. The van der Waals surface area contributed by atoms with Gasteiger partial charge in [0.05, 0.1) is 11.1 Å². The summed E-state index contributed by atoms with van der Waals surface area (Å²) in [5, 5.41) is 11.7. The first-order chi connectivity index (χ1) is 11.5. The van der Waals surface area contributed by atoms with Gasteiger partial charge >= 0.3 is 11.7 Å². The van der Waals surface area contributed by atoms with E-state index >= 15 is 0 Å². The number of amides is 1. The highest BCUT2D eigenvalue weighted by molar-refractivity contribution is 5.94. The summed E-state index contributed by atoms with van der Waals surface area (Å²) in [6.45, 7) is 1.63. The van der Waals surface area contributed by atoms with Gasteiger partial charge in [-0.15, -0.1) is 0 Å². The summed E-state index contributed by atoms with van der Waals surface area (Å²) >= 11 is 0. The molecule has 0 saturated carbocycles. The summed E-state index contributed by atoms with van der Waals surface area (Å²) in [4.78, 5) is 35.1. The number of benzene rings is 2. The first-order valence-electron chi connectivity index (χ1n) is 7.18. The molecule has 0 atom stereocenters. The third kappa shape index (κ3) is 2.91. The van der Waals surface area contributed by atoms with Gasteiger partial charge in [-0.3, -0.25) is 9.36 Å². The van der Waals surface area contributed by atoms with E-state index < -0.39 is 11.7 Å². The average molecular weight is 326 g/mol. The SMILES string of the molecule is Cc1ccccc1NC(=O)Cn1c(=O)oc2cc(C(=O)O)ccc21. The zero-order valence-electron chi connectivity index (χ0n) is 12.8. The molecule has 0 bridgehead atoms. The predicted octanol–water partition coefficient (Wildman–Crippen LogP) is 2.24. The van der Waals surface area contributed by atoms with Crippen LogP contribution in [0.15, 0.2) is 51.7 Å². The lowest BCUT2D eigenvalue weighted by Crippen LogP contribution is -2.25. The van der Waals surface area contributed by atoms with Gasteiger partial charge in [0, 0.05) is 5.69 Å². The Bertz CT molecular complexity index is 1000. The predicted molar refractivity (Wildman–Crippen MR) is 87.2 cm³/mol.